The number of hydrogen-bond acceptors (Lipinski definition) is 4. The van der Waals surface area contributed by atoms with Crippen LogP contribution in [0.5, 0.6) is 0 Å². The Hall–Kier alpha value is -2.34. The first kappa shape index (κ1) is 16.5. The Morgan fingerprint density at radius 3 is 2.83 bits per heavy atom. The van der Waals surface area contributed by atoms with Gasteiger partial charge in [0.2, 0.25) is 0 Å². The number of alkyl halides is 1. The Morgan fingerprint density at radius 2 is 2.08 bits per heavy atom. The number of anilines is 1. The third-order valence-electron chi connectivity index (χ3n) is 4.27. The van der Waals surface area contributed by atoms with Crippen molar-refractivity contribution in [3.05, 3.63) is 34.9 Å². The number of barbiturate groups is 1. The maximum absolute atomic E-state index is 12.1. The number of imide groups is 2. The molecular formula is C17H18ClN3O3. The zero-order valence-corrected chi connectivity index (χ0v) is 14.1. The van der Waals surface area contributed by atoms with Crippen molar-refractivity contribution >= 4 is 41.2 Å². The summed E-state index contributed by atoms with van der Waals surface area (Å²) in [5.74, 6) is -0.611. The number of carbonyl (C=O) groups excluding carboxylic acids is 3. The number of halogens is 1. The summed E-state index contributed by atoms with van der Waals surface area (Å²) >= 11 is 5.76. The lowest BCUT2D eigenvalue weighted by molar-refractivity contribution is -0.129. The number of amides is 4. The molecule has 2 aliphatic heterocycles. The van der Waals surface area contributed by atoms with Gasteiger partial charge in [-0.25, -0.2) is 4.79 Å². The minimum Gasteiger partial charge on any atom is -0.371 e. The third kappa shape index (κ3) is 3.01. The lowest BCUT2D eigenvalue weighted by atomic mass is 10.0. The van der Waals surface area contributed by atoms with E-state index in [1.165, 1.54) is 24.4 Å². The first-order chi connectivity index (χ1) is 11.5. The van der Waals surface area contributed by atoms with Crippen LogP contribution in [-0.4, -0.2) is 48.8 Å². The molecule has 1 fully saturated rings. The predicted molar refractivity (Wildman–Crippen MR) is 92.0 cm³/mol. The zero-order valence-electron chi connectivity index (χ0n) is 13.3. The van der Waals surface area contributed by atoms with Crippen molar-refractivity contribution in [2.24, 2.45) is 0 Å². The fourth-order valence-electron chi connectivity index (χ4n) is 2.97. The molecule has 4 amide bonds. The van der Waals surface area contributed by atoms with Crippen molar-refractivity contribution in [1.82, 2.24) is 10.2 Å². The lowest BCUT2D eigenvalue weighted by Gasteiger charge is -2.22. The standard InChI is InChI=1S/C17H18ClN3O3/c1-20-16(23)13(15(22)19-17(20)24)10-11-3-4-14-12(9-11)5-8-21(14)7-2-6-18/h3-4,9-10H,2,5-8H2,1H3,(H,19,22,24)/b13-10+. The van der Waals surface area contributed by atoms with E-state index >= 15 is 0 Å². The van der Waals surface area contributed by atoms with E-state index in [1.807, 2.05) is 18.2 Å². The van der Waals surface area contributed by atoms with E-state index in [2.05, 4.69) is 10.2 Å². The fraction of sp³-hybridized carbons (Fsp3) is 0.353. The van der Waals surface area contributed by atoms with Crippen molar-refractivity contribution in [2.45, 2.75) is 12.8 Å². The van der Waals surface area contributed by atoms with Crippen LogP contribution >= 0.6 is 11.6 Å². The van der Waals surface area contributed by atoms with Crippen LogP contribution in [0.4, 0.5) is 10.5 Å². The van der Waals surface area contributed by atoms with Gasteiger partial charge in [0.1, 0.15) is 5.57 Å². The molecule has 7 heteroatoms. The van der Waals surface area contributed by atoms with E-state index in [0.717, 1.165) is 36.4 Å². The molecule has 0 saturated carbocycles. The molecule has 2 heterocycles. The van der Waals surface area contributed by atoms with Gasteiger partial charge in [-0.05, 0) is 42.2 Å². The number of nitrogens with zero attached hydrogens (tertiary/aromatic N) is 2. The Kier molecular flexibility index (Phi) is 4.57. The zero-order chi connectivity index (χ0) is 17.3. The van der Waals surface area contributed by atoms with Gasteiger partial charge in [0, 0.05) is 31.7 Å². The minimum atomic E-state index is -0.703. The molecule has 1 aromatic carbocycles. The average Bonchev–Trinajstić information content (AvgIpc) is 2.97. The molecule has 0 aromatic heterocycles. The second kappa shape index (κ2) is 6.65. The summed E-state index contributed by atoms with van der Waals surface area (Å²) in [5, 5.41) is 2.15. The highest BCUT2D eigenvalue weighted by molar-refractivity contribution is 6.30. The van der Waals surface area contributed by atoms with Gasteiger partial charge >= 0.3 is 6.03 Å². The molecule has 2 aliphatic rings. The van der Waals surface area contributed by atoms with E-state index in [1.54, 1.807) is 0 Å². The van der Waals surface area contributed by atoms with E-state index in [9.17, 15) is 14.4 Å². The largest absolute Gasteiger partial charge is 0.371 e. The van der Waals surface area contributed by atoms with Gasteiger partial charge < -0.3 is 4.90 Å². The van der Waals surface area contributed by atoms with Crippen LogP contribution in [0.1, 0.15) is 17.5 Å². The quantitative estimate of drug-likeness (QED) is 0.512. The van der Waals surface area contributed by atoms with Gasteiger partial charge in [-0.2, -0.15) is 0 Å². The Labute approximate surface area is 145 Å². The van der Waals surface area contributed by atoms with Crippen LogP contribution in [0.3, 0.4) is 0 Å². The second-order valence-electron chi connectivity index (χ2n) is 5.85. The smallest absolute Gasteiger partial charge is 0.331 e. The molecule has 24 heavy (non-hydrogen) atoms. The summed E-state index contributed by atoms with van der Waals surface area (Å²) in [6.45, 7) is 1.87. The maximum Gasteiger partial charge on any atom is 0.331 e. The van der Waals surface area contributed by atoms with Gasteiger partial charge in [-0.1, -0.05) is 6.07 Å². The average molecular weight is 348 g/mol. The van der Waals surface area contributed by atoms with E-state index in [-0.39, 0.29) is 5.57 Å². The number of carbonyl (C=O) groups is 3. The molecule has 0 atom stereocenters. The number of fused-ring (bicyclic) bond motifs is 1. The molecule has 1 N–H and O–H groups in total. The molecule has 0 unspecified atom stereocenters. The van der Waals surface area contributed by atoms with Gasteiger partial charge in [-0.15, -0.1) is 11.6 Å². The third-order valence-corrected chi connectivity index (χ3v) is 4.54. The van der Waals surface area contributed by atoms with E-state index in [4.69, 9.17) is 11.6 Å². The first-order valence-electron chi connectivity index (χ1n) is 7.80. The van der Waals surface area contributed by atoms with Crippen LogP contribution in [0.2, 0.25) is 0 Å². The topological polar surface area (TPSA) is 69.7 Å². The second-order valence-corrected chi connectivity index (χ2v) is 6.23. The Bertz CT molecular complexity index is 745. The lowest BCUT2D eigenvalue weighted by Crippen LogP contribution is -2.52. The van der Waals surface area contributed by atoms with Crippen molar-refractivity contribution in [3.63, 3.8) is 0 Å². The summed E-state index contributed by atoms with van der Waals surface area (Å²) in [5.41, 5.74) is 3.10. The van der Waals surface area contributed by atoms with Crippen molar-refractivity contribution in [1.29, 1.82) is 0 Å². The molecular weight excluding hydrogens is 330 g/mol. The summed E-state index contributed by atoms with van der Waals surface area (Å²) < 4.78 is 0. The molecule has 0 spiro atoms. The minimum absolute atomic E-state index is 0.0333. The summed E-state index contributed by atoms with van der Waals surface area (Å²) in [7, 11) is 1.34. The molecule has 1 saturated heterocycles. The molecule has 6 nitrogen and oxygen atoms in total. The summed E-state index contributed by atoms with van der Waals surface area (Å²) in [4.78, 5) is 38.6. The highest BCUT2D eigenvalue weighted by Gasteiger charge is 2.33. The van der Waals surface area contributed by atoms with Crippen molar-refractivity contribution < 1.29 is 14.4 Å². The number of nitrogens with one attached hydrogen (secondary N) is 1. The maximum atomic E-state index is 12.1. The molecule has 126 valence electrons. The monoisotopic (exact) mass is 347 g/mol. The molecule has 3 rings (SSSR count). The van der Waals surface area contributed by atoms with Gasteiger partial charge in [-0.3, -0.25) is 19.8 Å². The van der Waals surface area contributed by atoms with Gasteiger partial charge in [0.15, 0.2) is 0 Å². The van der Waals surface area contributed by atoms with Crippen molar-refractivity contribution in [2.75, 3.05) is 30.9 Å². The summed E-state index contributed by atoms with van der Waals surface area (Å²) in [6, 6.07) is 5.16. The highest BCUT2D eigenvalue weighted by atomic mass is 35.5. The fourth-order valence-corrected chi connectivity index (χ4v) is 3.09. The molecule has 1 aromatic rings. The number of hydrogen-bond donors (Lipinski definition) is 1. The predicted octanol–water partition coefficient (Wildman–Crippen LogP) is 1.77. The summed E-state index contributed by atoms with van der Waals surface area (Å²) in [6.07, 6.45) is 3.39. The number of rotatable bonds is 4. The van der Waals surface area contributed by atoms with Crippen molar-refractivity contribution in [3.8, 4) is 0 Å². The normalized spacial score (nSPS) is 19.1. The number of urea groups is 1. The van der Waals surface area contributed by atoms with Crippen LogP contribution in [0.15, 0.2) is 23.8 Å². The van der Waals surface area contributed by atoms with Crippen LogP contribution in [0, 0.1) is 0 Å². The number of likely N-dealkylation sites (N-methyl/N-ethyl adjacent to an activating group) is 1. The Morgan fingerprint density at radius 1 is 1.29 bits per heavy atom. The molecule has 0 radical (unpaired) electrons. The molecule has 0 bridgehead atoms. The first-order valence-corrected chi connectivity index (χ1v) is 8.33. The van der Waals surface area contributed by atoms with E-state index < -0.39 is 17.8 Å². The Balaban J connectivity index is 1.85. The van der Waals surface area contributed by atoms with Crippen LogP contribution in [-0.2, 0) is 16.0 Å². The van der Waals surface area contributed by atoms with E-state index in [0.29, 0.717) is 5.88 Å². The SMILES string of the molecule is CN1C(=O)NC(=O)/C(=C\c2ccc3c(c2)CCN3CCCCl)C1=O. The van der Waals surface area contributed by atoms with Gasteiger partial charge in [0.05, 0.1) is 0 Å². The van der Waals surface area contributed by atoms with Gasteiger partial charge in [0.25, 0.3) is 11.8 Å². The van der Waals surface area contributed by atoms with Crippen LogP contribution < -0.4 is 10.2 Å². The number of benzene rings is 1. The van der Waals surface area contributed by atoms with Crippen LogP contribution in [0.25, 0.3) is 6.08 Å². The highest BCUT2D eigenvalue weighted by Crippen LogP contribution is 2.29. The molecule has 0 aliphatic carbocycles.